The van der Waals surface area contributed by atoms with E-state index in [0.717, 1.165) is 16.3 Å². The van der Waals surface area contributed by atoms with Gasteiger partial charge in [-0.3, -0.25) is 19.7 Å². The van der Waals surface area contributed by atoms with Gasteiger partial charge in [0.15, 0.2) is 0 Å². The molecule has 7 nitrogen and oxygen atoms in total. The van der Waals surface area contributed by atoms with Gasteiger partial charge in [0.25, 0.3) is 5.91 Å². The van der Waals surface area contributed by atoms with Gasteiger partial charge >= 0.3 is 5.97 Å². The first kappa shape index (κ1) is 22.1. The van der Waals surface area contributed by atoms with Crippen LogP contribution in [0.1, 0.15) is 28.8 Å². The van der Waals surface area contributed by atoms with Crippen molar-refractivity contribution in [1.29, 1.82) is 0 Å². The number of nitrogens with one attached hydrogen (secondary N) is 1. The normalized spacial score (nSPS) is 19.6. The summed E-state index contributed by atoms with van der Waals surface area (Å²) in [5.74, 6) is -1.27. The minimum absolute atomic E-state index is 0.0402. The molecule has 2 aliphatic rings. The summed E-state index contributed by atoms with van der Waals surface area (Å²) in [6, 6.07) is 22.8. The molecule has 3 aromatic rings. The van der Waals surface area contributed by atoms with Crippen molar-refractivity contribution in [2.45, 2.75) is 31.0 Å². The fourth-order valence-electron chi connectivity index (χ4n) is 5.29. The Morgan fingerprint density at radius 2 is 1.62 bits per heavy atom. The third-order valence-corrected chi connectivity index (χ3v) is 7.00. The van der Waals surface area contributed by atoms with Crippen LogP contribution in [0.2, 0.25) is 0 Å². The Hall–Kier alpha value is -3.71. The van der Waals surface area contributed by atoms with Crippen molar-refractivity contribution in [3.05, 3.63) is 83.9 Å². The Morgan fingerprint density at radius 3 is 2.35 bits per heavy atom. The number of benzene rings is 3. The predicted octanol–water partition coefficient (Wildman–Crippen LogP) is 2.90. The number of piperidine rings is 1. The first-order valence-corrected chi connectivity index (χ1v) is 11.6. The lowest BCUT2D eigenvalue weighted by Crippen LogP contribution is -2.60. The molecule has 1 atom stereocenters. The SMILES string of the molecule is O=C(O)CN1C(=O)C(Cc2ccccc2)NC12CCN(C(=O)c1cccc3ccccc13)CC2. The van der Waals surface area contributed by atoms with Crippen molar-refractivity contribution in [3.63, 3.8) is 0 Å². The van der Waals surface area contributed by atoms with E-state index in [9.17, 15) is 19.5 Å². The molecule has 3 aromatic carbocycles. The lowest BCUT2D eigenvalue weighted by molar-refractivity contribution is -0.147. The van der Waals surface area contributed by atoms with Gasteiger partial charge in [-0.05, 0) is 28.8 Å². The maximum absolute atomic E-state index is 13.4. The maximum atomic E-state index is 13.4. The fraction of sp³-hybridized carbons (Fsp3) is 0.296. The molecule has 0 radical (unpaired) electrons. The highest BCUT2D eigenvalue weighted by Gasteiger charge is 2.52. The Bertz CT molecular complexity index is 1230. The second-order valence-electron chi connectivity index (χ2n) is 9.06. The average molecular weight is 458 g/mol. The monoisotopic (exact) mass is 457 g/mol. The molecule has 2 aliphatic heterocycles. The van der Waals surface area contributed by atoms with Gasteiger partial charge in [-0.2, -0.15) is 0 Å². The molecule has 2 fully saturated rings. The number of carbonyl (C=O) groups excluding carboxylic acids is 2. The van der Waals surface area contributed by atoms with E-state index in [1.807, 2.05) is 77.7 Å². The minimum Gasteiger partial charge on any atom is -0.480 e. The van der Waals surface area contributed by atoms with Gasteiger partial charge in [0.05, 0.1) is 11.7 Å². The molecule has 2 saturated heterocycles. The topological polar surface area (TPSA) is 89.9 Å². The number of fused-ring (bicyclic) bond motifs is 1. The van der Waals surface area contributed by atoms with E-state index in [1.165, 1.54) is 4.90 Å². The average Bonchev–Trinajstić information content (AvgIpc) is 3.09. The second-order valence-corrected chi connectivity index (χ2v) is 9.06. The van der Waals surface area contributed by atoms with Crippen molar-refractivity contribution in [3.8, 4) is 0 Å². The number of hydrogen-bond donors (Lipinski definition) is 2. The van der Waals surface area contributed by atoms with Crippen molar-refractivity contribution < 1.29 is 19.5 Å². The zero-order valence-electron chi connectivity index (χ0n) is 18.8. The molecule has 2 N–H and O–H groups in total. The third-order valence-electron chi connectivity index (χ3n) is 7.00. The highest BCUT2D eigenvalue weighted by atomic mass is 16.4. The van der Waals surface area contributed by atoms with Gasteiger partial charge in [-0.15, -0.1) is 0 Å². The van der Waals surface area contributed by atoms with E-state index in [4.69, 9.17) is 0 Å². The number of carboxylic acids is 1. The highest BCUT2D eigenvalue weighted by Crippen LogP contribution is 2.34. The quantitative estimate of drug-likeness (QED) is 0.615. The summed E-state index contributed by atoms with van der Waals surface area (Å²) in [5.41, 5.74) is 0.919. The second kappa shape index (κ2) is 8.91. The molecule has 5 rings (SSSR count). The fourth-order valence-corrected chi connectivity index (χ4v) is 5.29. The van der Waals surface area contributed by atoms with Gasteiger partial charge in [-0.1, -0.05) is 66.7 Å². The number of carbonyl (C=O) groups is 3. The smallest absolute Gasteiger partial charge is 0.323 e. The Kier molecular flexibility index (Phi) is 5.79. The van der Waals surface area contributed by atoms with Gasteiger partial charge in [-0.25, -0.2) is 0 Å². The lowest BCUT2D eigenvalue weighted by atomic mass is 9.94. The molecule has 0 aromatic heterocycles. The molecule has 34 heavy (non-hydrogen) atoms. The first-order chi connectivity index (χ1) is 16.5. The van der Waals surface area contributed by atoms with Crippen LogP contribution in [0.5, 0.6) is 0 Å². The summed E-state index contributed by atoms with van der Waals surface area (Å²) >= 11 is 0. The van der Waals surface area contributed by atoms with Crippen LogP contribution in [0.15, 0.2) is 72.8 Å². The van der Waals surface area contributed by atoms with Crippen molar-refractivity contribution in [1.82, 2.24) is 15.1 Å². The van der Waals surface area contributed by atoms with Crippen molar-refractivity contribution in [2.24, 2.45) is 0 Å². The van der Waals surface area contributed by atoms with Gasteiger partial charge < -0.3 is 14.9 Å². The van der Waals surface area contributed by atoms with Gasteiger partial charge in [0.2, 0.25) is 5.91 Å². The number of hydrogen-bond acceptors (Lipinski definition) is 4. The van der Waals surface area contributed by atoms with Crippen LogP contribution in [0.3, 0.4) is 0 Å². The van der Waals surface area contributed by atoms with Crippen LogP contribution < -0.4 is 5.32 Å². The third kappa shape index (κ3) is 4.03. The molecular weight excluding hydrogens is 430 g/mol. The molecule has 0 saturated carbocycles. The predicted molar refractivity (Wildman–Crippen MR) is 128 cm³/mol. The van der Waals surface area contributed by atoms with Crippen molar-refractivity contribution >= 4 is 28.6 Å². The summed E-state index contributed by atoms with van der Waals surface area (Å²) in [4.78, 5) is 41.5. The molecule has 7 heteroatoms. The van der Waals surface area contributed by atoms with Crippen molar-refractivity contribution in [2.75, 3.05) is 19.6 Å². The summed E-state index contributed by atoms with van der Waals surface area (Å²) in [6.07, 6.45) is 1.46. The summed E-state index contributed by atoms with van der Waals surface area (Å²) in [6.45, 7) is 0.529. The number of carboxylic acid groups (broad SMARTS) is 1. The van der Waals surface area contributed by atoms with E-state index >= 15 is 0 Å². The van der Waals surface area contributed by atoms with E-state index in [1.54, 1.807) is 0 Å². The lowest BCUT2D eigenvalue weighted by Gasteiger charge is -2.44. The zero-order chi connectivity index (χ0) is 23.7. The highest BCUT2D eigenvalue weighted by molar-refractivity contribution is 6.07. The Balaban J connectivity index is 1.35. The van der Waals surface area contributed by atoms with Crippen LogP contribution in [-0.4, -0.2) is 64.0 Å². The summed E-state index contributed by atoms with van der Waals surface area (Å²) < 4.78 is 0. The Labute approximate surface area is 198 Å². The number of aliphatic carboxylic acids is 1. The van der Waals surface area contributed by atoms with E-state index in [2.05, 4.69) is 5.32 Å². The summed E-state index contributed by atoms with van der Waals surface area (Å²) in [7, 11) is 0. The largest absolute Gasteiger partial charge is 0.480 e. The number of likely N-dealkylation sites (tertiary alicyclic amines) is 1. The number of amides is 2. The molecule has 0 bridgehead atoms. The van der Waals surface area contributed by atoms with Crippen LogP contribution >= 0.6 is 0 Å². The standard InChI is InChI=1S/C27H27N3O4/c31-24(32)18-30-26(34)23(17-19-7-2-1-3-8-19)28-27(30)13-15-29(16-14-27)25(33)22-12-6-10-20-9-4-5-11-21(20)22/h1-12,23,28H,13-18H2,(H,31,32). The van der Waals surface area contributed by atoms with Crippen LogP contribution in [-0.2, 0) is 16.0 Å². The Morgan fingerprint density at radius 1 is 0.941 bits per heavy atom. The molecule has 0 aliphatic carbocycles. The number of nitrogens with zero attached hydrogens (tertiary/aromatic N) is 2. The zero-order valence-corrected chi connectivity index (χ0v) is 18.8. The molecule has 1 unspecified atom stereocenters. The van der Waals surface area contributed by atoms with E-state index < -0.39 is 17.7 Å². The van der Waals surface area contributed by atoms with Crippen LogP contribution in [0.25, 0.3) is 10.8 Å². The number of rotatable bonds is 5. The van der Waals surface area contributed by atoms with E-state index in [0.29, 0.717) is 37.9 Å². The molecule has 2 amide bonds. The van der Waals surface area contributed by atoms with Crippen LogP contribution in [0, 0.1) is 0 Å². The van der Waals surface area contributed by atoms with Crippen LogP contribution in [0.4, 0.5) is 0 Å². The van der Waals surface area contributed by atoms with Gasteiger partial charge in [0, 0.05) is 31.5 Å². The molecule has 1 spiro atoms. The molecule has 174 valence electrons. The molecular formula is C27H27N3O4. The molecule has 2 heterocycles. The first-order valence-electron chi connectivity index (χ1n) is 11.6. The minimum atomic E-state index is -1.04. The van der Waals surface area contributed by atoms with E-state index in [-0.39, 0.29) is 18.4 Å². The maximum Gasteiger partial charge on any atom is 0.323 e. The summed E-state index contributed by atoms with van der Waals surface area (Å²) in [5, 5.41) is 14.9. The van der Waals surface area contributed by atoms with Gasteiger partial charge in [0.1, 0.15) is 6.54 Å².